The minimum Gasteiger partial charge on any atom is -0.496 e. The van der Waals surface area contributed by atoms with Crippen LogP contribution in [0.15, 0.2) is 61.9 Å². The van der Waals surface area contributed by atoms with E-state index in [-0.39, 0.29) is 22.6 Å². The van der Waals surface area contributed by atoms with Crippen molar-refractivity contribution in [2.75, 3.05) is 25.2 Å². The summed E-state index contributed by atoms with van der Waals surface area (Å²) in [6, 6.07) is 9.64. The third kappa shape index (κ3) is 4.11. The molecule has 0 N–H and O–H groups in total. The van der Waals surface area contributed by atoms with Crippen molar-refractivity contribution < 1.29 is 19.1 Å². The smallest absolute Gasteiger partial charge is 0.338 e. The summed E-state index contributed by atoms with van der Waals surface area (Å²) in [6.45, 7) is 5.89. The number of carbonyl (C=O) groups is 2. The van der Waals surface area contributed by atoms with Crippen LogP contribution in [0.2, 0.25) is 5.02 Å². The number of benzene rings is 2. The van der Waals surface area contributed by atoms with Crippen molar-refractivity contribution in [2.45, 2.75) is 26.8 Å². The van der Waals surface area contributed by atoms with Crippen LogP contribution < -0.4 is 24.5 Å². The number of ether oxygens (including phenoxy) is 2. The highest BCUT2D eigenvalue weighted by Gasteiger charge is 2.38. The van der Waals surface area contributed by atoms with Crippen LogP contribution in [-0.4, -0.2) is 36.7 Å². The number of aromatic nitrogens is 1. The Kier molecular flexibility index (Phi) is 7.06. The van der Waals surface area contributed by atoms with E-state index >= 15 is 0 Å². The summed E-state index contributed by atoms with van der Waals surface area (Å²) in [4.78, 5) is 47.6. The molecule has 1 amide bonds. The Balaban J connectivity index is 1.87. The first-order valence-corrected chi connectivity index (χ1v) is 13.9. The number of anilines is 1. The largest absolute Gasteiger partial charge is 0.496 e. The molecular weight excluding hydrogens is 594 g/mol. The third-order valence-electron chi connectivity index (χ3n) is 6.50. The molecule has 1 atom stereocenters. The average molecular weight is 617 g/mol. The number of allylic oxidation sites excluding steroid dienone is 1. The minimum absolute atomic E-state index is 0.149. The summed E-state index contributed by atoms with van der Waals surface area (Å²) in [7, 11) is 1.50. The quantitative estimate of drug-likeness (QED) is 0.405. The molecule has 2 aliphatic rings. The zero-order valence-electron chi connectivity index (χ0n) is 21.0. The molecule has 3 heterocycles. The standard InChI is InChI=1S/C27H23BrClN3O5S/c1-5-31-18-9-7-14(28)11-16(18)21(24(31)33)23-25(34)32-22(17-12-15(29)8-10-19(17)36-4)20(26(35)37-6-2)13(3)30-27(32)38-23/h7-12,22H,5-6H2,1-4H3/b23-21-/t22-/m0/s1. The highest BCUT2D eigenvalue weighted by Crippen LogP contribution is 2.39. The summed E-state index contributed by atoms with van der Waals surface area (Å²) < 4.78 is 13.4. The maximum absolute atomic E-state index is 14.2. The van der Waals surface area contributed by atoms with Crippen LogP contribution in [0.25, 0.3) is 5.57 Å². The second-order valence-corrected chi connectivity index (χ2v) is 10.9. The number of hydrogen-bond acceptors (Lipinski definition) is 7. The van der Waals surface area contributed by atoms with Crippen LogP contribution in [0.1, 0.15) is 37.9 Å². The summed E-state index contributed by atoms with van der Waals surface area (Å²) in [5.41, 5.74) is 2.38. The van der Waals surface area contributed by atoms with Crippen LogP contribution in [0.5, 0.6) is 5.75 Å². The van der Waals surface area contributed by atoms with Crippen molar-refractivity contribution in [3.8, 4) is 5.75 Å². The lowest BCUT2D eigenvalue weighted by Crippen LogP contribution is -2.41. The number of rotatable bonds is 5. The van der Waals surface area contributed by atoms with E-state index in [0.717, 1.165) is 21.5 Å². The Hall–Kier alpha value is -3.21. The first kappa shape index (κ1) is 26.4. The molecule has 2 aliphatic heterocycles. The number of amides is 1. The molecule has 3 aromatic rings. The van der Waals surface area contributed by atoms with Gasteiger partial charge in [-0.15, -0.1) is 0 Å². The molecule has 0 unspecified atom stereocenters. The Morgan fingerprint density at radius 3 is 2.63 bits per heavy atom. The van der Waals surface area contributed by atoms with Crippen LogP contribution in [0.4, 0.5) is 5.69 Å². The molecule has 0 bridgehead atoms. The van der Waals surface area contributed by atoms with Gasteiger partial charge in [0, 0.05) is 27.2 Å². The minimum atomic E-state index is -0.922. The average Bonchev–Trinajstić information content (AvgIpc) is 3.34. The molecule has 11 heteroatoms. The van der Waals surface area contributed by atoms with Gasteiger partial charge in [0.05, 0.1) is 36.2 Å². The Morgan fingerprint density at radius 2 is 1.95 bits per heavy atom. The number of esters is 1. The van der Waals surface area contributed by atoms with Gasteiger partial charge in [-0.1, -0.05) is 38.9 Å². The van der Waals surface area contributed by atoms with Crippen molar-refractivity contribution in [2.24, 2.45) is 4.99 Å². The number of fused-ring (bicyclic) bond motifs is 2. The van der Waals surface area contributed by atoms with Gasteiger partial charge >= 0.3 is 5.97 Å². The fourth-order valence-electron chi connectivity index (χ4n) is 4.89. The molecule has 2 aromatic carbocycles. The van der Waals surface area contributed by atoms with E-state index in [1.165, 1.54) is 11.7 Å². The molecule has 1 aromatic heterocycles. The van der Waals surface area contributed by atoms with Gasteiger partial charge in [0.2, 0.25) is 0 Å². The zero-order valence-corrected chi connectivity index (χ0v) is 24.2. The van der Waals surface area contributed by atoms with E-state index < -0.39 is 17.6 Å². The highest BCUT2D eigenvalue weighted by molar-refractivity contribution is 9.10. The van der Waals surface area contributed by atoms with Crippen molar-refractivity contribution in [3.63, 3.8) is 0 Å². The Morgan fingerprint density at radius 1 is 1.18 bits per heavy atom. The topological polar surface area (TPSA) is 90.2 Å². The number of nitrogens with zero attached hydrogens (tertiary/aromatic N) is 3. The monoisotopic (exact) mass is 615 g/mol. The lowest BCUT2D eigenvalue weighted by molar-refractivity contribution is -0.139. The number of methoxy groups -OCH3 is 1. The zero-order chi connectivity index (χ0) is 27.3. The predicted molar refractivity (Wildman–Crippen MR) is 150 cm³/mol. The Labute approximate surface area is 235 Å². The number of hydrogen-bond donors (Lipinski definition) is 0. The first-order valence-electron chi connectivity index (χ1n) is 11.9. The van der Waals surface area contributed by atoms with Gasteiger partial charge in [-0.3, -0.25) is 14.2 Å². The molecule has 5 rings (SSSR count). The molecule has 196 valence electrons. The molecule has 0 spiro atoms. The van der Waals surface area contributed by atoms with Crippen molar-refractivity contribution in [1.29, 1.82) is 0 Å². The normalized spacial score (nSPS) is 17.8. The SMILES string of the molecule is CCOC(=O)C1=C(C)N=c2s/c(=C3\C(=O)N(CC)c4ccc(Br)cc43)c(=O)n2[C@H]1c1cc(Cl)ccc1OC. The van der Waals surface area contributed by atoms with Gasteiger partial charge in [0.25, 0.3) is 11.5 Å². The van der Waals surface area contributed by atoms with Crippen molar-refractivity contribution in [3.05, 3.63) is 88.0 Å². The second-order valence-electron chi connectivity index (χ2n) is 8.59. The van der Waals surface area contributed by atoms with E-state index in [9.17, 15) is 14.4 Å². The summed E-state index contributed by atoms with van der Waals surface area (Å²) in [5, 5.41) is 0.409. The number of thiazole rings is 1. The van der Waals surface area contributed by atoms with Crippen LogP contribution in [0, 0.1) is 0 Å². The van der Waals surface area contributed by atoms with Gasteiger partial charge in [0.1, 0.15) is 16.3 Å². The molecular formula is C27H23BrClN3O5S. The first-order chi connectivity index (χ1) is 18.2. The molecule has 0 saturated carbocycles. The maximum Gasteiger partial charge on any atom is 0.338 e. The fraction of sp³-hybridized carbons (Fsp3) is 0.259. The molecule has 0 saturated heterocycles. The third-order valence-corrected chi connectivity index (χ3v) is 8.28. The lowest BCUT2D eigenvalue weighted by atomic mass is 9.95. The van der Waals surface area contributed by atoms with Crippen molar-refractivity contribution in [1.82, 2.24) is 4.57 Å². The van der Waals surface area contributed by atoms with E-state index in [1.54, 1.807) is 36.9 Å². The number of likely N-dealkylation sites (N-methyl/N-ethyl adjacent to an activating group) is 1. The molecule has 0 radical (unpaired) electrons. The molecule has 8 nitrogen and oxygen atoms in total. The van der Waals surface area contributed by atoms with Gasteiger partial charge in [-0.2, -0.15) is 0 Å². The van der Waals surface area contributed by atoms with Crippen LogP contribution >= 0.6 is 38.9 Å². The van der Waals surface area contributed by atoms with E-state index in [1.807, 2.05) is 25.1 Å². The number of carbonyl (C=O) groups excluding carboxylic acids is 2. The summed E-state index contributed by atoms with van der Waals surface area (Å²) >= 11 is 11.0. The van der Waals surface area contributed by atoms with E-state index in [4.69, 9.17) is 21.1 Å². The van der Waals surface area contributed by atoms with E-state index in [2.05, 4.69) is 20.9 Å². The molecule has 0 fully saturated rings. The van der Waals surface area contributed by atoms with Crippen LogP contribution in [0.3, 0.4) is 0 Å². The van der Waals surface area contributed by atoms with Gasteiger partial charge in [-0.05, 0) is 57.2 Å². The lowest BCUT2D eigenvalue weighted by Gasteiger charge is -2.26. The van der Waals surface area contributed by atoms with Crippen molar-refractivity contribution >= 4 is 62.0 Å². The van der Waals surface area contributed by atoms with E-state index in [0.29, 0.717) is 44.5 Å². The fourth-order valence-corrected chi connectivity index (χ4v) is 6.57. The van der Waals surface area contributed by atoms with Gasteiger partial charge in [-0.25, -0.2) is 9.79 Å². The predicted octanol–water partition coefficient (Wildman–Crippen LogP) is 3.96. The number of halogens is 2. The van der Waals surface area contributed by atoms with Crippen LogP contribution in [-0.2, 0) is 14.3 Å². The summed E-state index contributed by atoms with van der Waals surface area (Å²) in [6.07, 6.45) is 0. The molecule has 38 heavy (non-hydrogen) atoms. The maximum atomic E-state index is 14.2. The van der Waals surface area contributed by atoms with Gasteiger partial charge < -0.3 is 14.4 Å². The van der Waals surface area contributed by atoms with Gasteiger partial charge in [0.15, 0.2) is 4.80 Å². The highest BCUT2D eigenvalue weighted by atomic mass is 79.9. The molecule has 0 aliphatic carbocycles. The second kappa shape index (κ2) is 10.2. The Bertz CT molecular complexity index is 1720. The summed E-state index contributed by atoms with van der Waals surface area (Å²) in [5.74, 6) is -0.413.